The molecular formula is C15H8ClFIN. The Labute approximate surface area is 128 Å². The smallest absolute Gasteiger partial charge is 0.125 e. The van der Waals surface area contributed by atoms with Crippen LogP contribution in [0.4, 0.5) is 4.39 Å². The summed E-state index contributed by atoms with van der Waals surface area (Å²) in [5, 5.41) is 1.16. The standard InChI is InChI=1S/C15H8ClFIN/c16-12-8-14(9-4-2-1-3-5-9)19-15-11(12)6-10(17)7-13(15)18/h1-8H. The number of nitrogens with zero attached hydrogens (tertiary/aromatic N) is 1. The van der Waals surface area contributed by atoms with Crippen LogP contribution in [-0.4, -0.2) is 4.98 Å². The molecule has 4 heteroatoms. The molecule has 0 unspecified atom stereocenters. The number of halogens is 3. The molecule has 1 nitrogen and oxygen atoms in total. The van der Waals surface area contributed by atoms with Crippen LogP contribution in [0.5, 0.6) is 0 Å². The number of hydrogen-bond acceptors (Lipinski definition) is 1. The zero-order valence-electron chi connectivity index (χ0n) is 9.70. The summed E-state index contributed by atoms with van der Waals surface area (Å²) >= 11 is 8.32. The lowest BCUT2D eigenvalue weighted by Crippen LogP contribution is -1.90. The average molecular weight is 384 g/mol. The van der Waals surface area contributed by atoms with Crippen LogP contribution in [0.25, 0.3) is 22.2 Å². The molecule has 3 rings (SSSR count). The minimum absolute atomic E-state index is 0.298. The van der Waals surface area contributed by atoms with E-state index in [1.165, 1.54) is 12.1 Å². The summed E-state index contributed by atoms with van der Waals surface area (Å²) in [7, 11) is 0. The Balaban J connectivity index is 2.31. The maximum Gasteiger partial charge on any atom is 0.125 e. The van der Waals surface area contributed by atoms with E-state index in [2.05, 4.69) is 27.6 Å². The number of aromatic nitrogens is 1. The molecule has 0 atom stereocenters. The van der Waals surface area contributed by atoms with E-state index in [1.807, 2.05) is 30.3 Å². The van der Waals surface area contributed by atoms with Gasteiger partial charge in [0.15, 0.2) is 0 Å². The van der Waals surface area contributed by atoms with Crippen molar-refractivity contribution in [3.05, 3.63) is 62.9 Å². The van der Waals surface area contributed by atoms with Gasteiger partial charge in [-0.15, -0.1) is 0 Å². The highest BCUT2D eigenvalue weighted by Crippen LogP contribution is 2.31. The molecule has 1 heterocycles. The quantitative estimate of drug-likeness (QED) is 0.520. The number of hydrogen-bond donors (Lipinski definition) is 0. The van der Waals surface area contributed by atoms with Gasteiger partial charge in [0.25, 0.3) is 0 Å². The third-order valence-corrected chi connectivity index (χ3v) is 3.99. The van der Waals surface area contributed by atoms with Crippen molar-refractivity contribution in [3.8, 4) is 11.3 Å². The predicted molar refractivity (Wildman–Crippen MR) is 84.9 cm³/mol. The maximum atomic E-state index is 13.4. The van der Waals surface area contributed by atoms with E-state index in [9.17, 15) is 4.39 Å². The van der Waals surface area contributed by atoms with Crippen molar-refractivity contribution in [2.75, 3.05) is 0 Å². The van der Waals surface area contributed by atoms with Crippen molar-refractivity contribution in [3.63, 3.8) is 0 Å². The fourth-order valence-electron chi connectivity index (χ4n) is 1.97. The Bertz CT molecular complexity index is 759. The zero-order valence-corrected chi connectivity index (χ0v) is 12.6. The highest BCUT2D eigenvalue weighted by atomic mass is 127. The number of pyridine rings is 1. The molecule has 1 aromatic heterocycles. The number of benzene rings is 2. The Hall–Kier alpha value is -1.20. The highest BCUT2D eigenvalue weighted by Gasteiger charge is 2.10. The van der Waals surface area contributed by atoms with Gasteiger partial charge in [0, 0.05) is 14.5 Å². The first kappa shape index (κ1) is 12.8. The predicted octanol–water partition coefficient (Wildman–Crippen LogP) is 5.30. The van der Waals surface area contributed by atoms with Crippen LogP contribution >= 0.6 is 34.2 Å². The van der Waals surface area contributed by atoms with Crippen molar-refractivity contribution in [1.82, 2.24) is 4.98 Å². The minimum atomic E-state index is -0.298. The van der Waals surface area contributed by atoms with Crippen LogP contribution in [0, 0.1) is 9.39 Å². The van der Waals surface area contributed by atoms with Gasteiger partial charge in [0.2, 0.25) is 0 Å². The Morgan fingerprint density at radius 3 is 2.53 bits per heavy atom. The van der Waals surface area contributed by atoms with Crippen LogP contribution in [0.3, 0.4) is 0 Å². The van der Waals surface area contributed by atoms with Crippen molar-refractivity contribution in [2.45, 2.75) is 0 Å². The van der Waals surface area contributed by atoms with Crippen LogP contribution in [-0.2, 0) is 0 Å². The van der Waals surface area contributed by atoms with E-state index in [4.69, 9.17) is 11.6 Å². The first-order valence-corrected chi connectivity index (χ1v) is 7.11. The minimum Gasteiger partial charge on any atom is -0.247 e. The van der Waals surface area contributed by atoms with Gasteiger partial charge in [-0.1, -0.05) is 41.9 Å². The van der Waals surface area contributed by atoms with Gasteiger partial charge in [0.05, 0.1) is 16.2 Å². The second-order valence-electron chi connectivity index (χ2n) is 4.14. The zero-order chi connectivity index (χ0) is 13.4. The summed E-state index contributed by atoms with van der Waals surface area (Å²) in [4.78, 5) is 4.59. The van der Waals surface area contributed by atoms with E-state index in [-0.39, 0.29) is 5.82 Å². The molecule has 3 aromatic rings. The van der Waals surface area contributed by atoms with Gasteiger partial charge >= 0.3 is 0 Å². The lowest BCUT2D eigenvalue weighted by Gasteiger charge is -2.07. The largest absolute Gasteiger partial charge is 0.247 e. The molecule has 2 aromatic carbocycles. The van der Waals surface area contributed by atoms with Crippen LogP contribution < -0.4 is 0 Å². The van der Waals surface area contributed by atoms with Crippen molar-refractivity contribution in [1.29, 1.82) is 0 Å². The van der Waals surface area contributed by atoms with E-state index in [1.54, 1.807) is 6.07 Å². The van der Waals surface area contributed by atoms with Crippen LogP contribution in [0.15, 0.2) is 48.5 Å². The molecule has 0 fully saturated rings. The van der Waals surface area contributed by atoms with Gasteiger partial charge in [-0.2, -0.15) is 0 Å². The highest BCUT2D eigenvalue weighted by molar-refractivity contribution is 14.1. The van der Waals surface area contributed by atoms with E-state index in [0.29, 0.717) is 10.4 Å². The second-order valence-corrected chi connectivity index (χ2v) is 5.71. The Kier molecular flexibility index (Phi) is 3.41. The molecule has 0 bridgehead atoms. The lowest BCUT2D eigenvalue weighted by atomic mass is 10.1. The van der Waals surface area contributed by atoms with Gasteiger partial charge in [-0.25, -0.2) is 9.37 Å². The second kappa shape index (κ2) is 5.06. The molecule has 0 spiro atoms. The first-order chi connectivity index (χ1) is 9.15. The van der Waals surface area contributed by atoms with Crippen molar-refractivity contribution < 1.29 is 4.39 Å². The molecule has 0 N–H and O–H groups in total. The molecule has 0 amide bonds. The lowest BCUT2D eigenvalue weighted by molar-refractivity contribution is 0.628. The number of rotatable bonds is 1. The maximum absolute atomic E-state index is 13.4. The molecule has 0 saturated carbocycles. The molecule has 0 aliphatic rings. The molecule has 0 aliphatic heterocycles. The van der Waals surface area contributed by atoms with E-state index in [0.717, 1.165) is 20.3 Å². The SMILES string of the molecule is Fc1cc(I)c2nc(-c3ccccc3)cc(Cl)c2c1. The van der Waals surface area contributed by atoms with Gasteiger partial charge in [-0.3, -0.25) is 0 Å². The fraction of sp³-hybridized carbons (Fsp3) is 0. The molecule has 19 heavy (non-hydrogen) atoms. The van der Waals surface area contributed by atoms with Crippen molar-refractivity contribution in [2.24, 2.45) is 0 Å². The summed E-state index contributed by atoms with van der Waals surface area (Å²) in [6.07, 6.45) is 0. The molecule has 0 aliphatic carbocycles. The summed E-state index contributed by atoms with van der Waals surface area (Å²) < 4.78 is 14.2. The summed E-state index contributed by atoms with van der Waals surface area (Å²) in [5.74, 6) is -0.298. The molecule has 0 radical (unpaired) electrons. The summed E-state index contributed by atoms with van der Waals surface area (Å²) in [5.41, 5.74) is 2.52. The molecule has 94 valence electrons. The normalized spacial score (nSPS) is 10.9. The van der Waals surface area contributed by atoms with Gasteiger partial charge < -0.3 is 0 Å². The van der Waals surface area contributed by atoms with Crippen LogP contribution in [0.2, 0.25) is 5.02 Å². The first-order valence-electron chi connectivity index (χ1n) is 5.66. The van der Waals surface area contributed by atoms with Gasteiger partial charge in [-0.05, 0) is 40.8 Å². The van der Waals surface area contributed by atoms with Gasteiger partial charge in [0.1, 0.15) is 5.82 Å². The Morgan fingerprint density at radius 2 is 1.79 bits per heavy atom. The third-order valence-electron chi connectivity index (χ3n) is 2.85. The topological polar surface area (TPSA) is 12.9 Å². The van der Waals surface area contributed by atoms with Crippen LogP contribution in [0.1, 0.15) is 0 Å². The monoisotopic (exact) mass is 383 g/mol. The fourth-order valence-corrected chi connectivity index (χ4v) is 2.93. The summed E-state index contributed by atoms with van der Waals surface area (Å²) in [6, 6.07) is 14.4. The average Bonchev–Trinajstić information content (AvgIpc) is 2.41. The Morgan fingerprint density at radius 1 is 1.05 bits per heavy atom. The van der Waals surface area contributed by atoms with E-state index < -0.39 is 0 Å². The number of fused-ring (bicyclic) bond motifs is 1. The molecular weight excluding hydrogens is 376 g/mol. The third kappa shape index (κ3) is 2.44. The van der Waals surface area contributed by atoms with Crippen molar-refractivity contribution >= 4 is 45.1 Å². The summed E-state index contributed by atoms with van der Waals surface area (Å²) in [6.45, 7) is 0. The molecule has 0 saturated heterocycles. The van der Waals surface area contributed by atoms with E-state index >= 15 is 0 Å².